The number of rotatable bonds is 3. The number of hydrogen-bond donors (Lipinski definition) is 3. The van der Waals surface area contributed by atoms with Crippen molar-refractivity contribution in [1.82, 2.24) is 5.32 Å². The number of hydrogen-bond acceptors (Lipinski definition) is 3. The average molecular weight is 132 g/mol. The summed E-state index contributed by atoms with van der Waals surface area (Å²) in [5, 5.41) is 12.0. The van der Waals surface area contributed by atoms with Crippen LogP contribution in [0.1, 0.15) is 27.2 Å². The van der Waals surface area contributed by atoms with Crippen LogP contribution >= 0.6 is 0 Å². The van der Waals surface area contributed by atoms with Crippen LogP contribution in [-0.4, -0.2) is 17.0 Å². The van der Waals surface area contributed by atoms with Crippen molar-refractivity contribution < 1.29 is 5.11 Å². The highest BCUT2D eigenvalue weighted by Crippen LogP contribution is 1.96. The fourth-order valence-corrected chi connectivity index (χ4v) is 0.602. The molecule has 0 amide bonds. The molecule has 56 valence electrons. The Bertz CT molecular complexity index is 81.1. The number of nitrogens with one attached hydrogen (secondary N) is 1. The summed E-state index contributed by atoms with van der Waals surface area (Å²) >= 11 is 0. The Hall–Kier alpha value is -0.120. The smallest absolute Gasteiger partial charge is 0.169 e. The summed E-state index contributed by atoms with van der Waals surface area (Å²) in [6.45, 7) is 5.70. The highest BCUT2D eigenvalue weighted by molar-refractivity contribution is 4.67. The molecule has 0 spiro atoms. The van der Waals surface area contributed by atoms with E-state index in [2.05, 4.69) is 5.32 Å². The molecule has 0 fully saturated rings. The van der Waals surface area contributed by atoms with Crippen molar-refractivity contribution in [2.75, 3.05) is 0 Å². The quantitative estimate of drug-likeness (QED) is 0.474. The molecule has 0 aliphatic heterocycles. The third-order valence-corrected chi connectivity index (χ3v) is 1.08. The number of aliphatic hydroxyl groups is 1. The molecule has 0 aromatic heterocycles. The van der Waals surface area contributed by atoms with Gasteiger partial charge in [-0.2, -0.15) is 0 Å². The van der Waals surface area contributed by atoms with Crippen molar-refractivity contribution in [2.45, 2.75) is 39.1 Å². The standard InChI is InChI=1S/C6H16N2O/c1-4-6(7,9)8-5(2)3/h5,8-9H,4,7H2,1-3H3. The summed E-state index contributed by atoms with van der Waals surface area (Å²) in [7, 11) is 0. The Balaban J connectivity index is 3.58. The van der Waals surface area contributed by atoms with Crippen LogP contribution in [0.15, 0.2) is 0 Å². The molecular formula is C6H16N2O. The van der Waals surface area contributed by atoms with Crippen LogP contribution in [0.5, 0.6) is 0 Å². The largest absolute Gasteiger partial charge is 0.363 e. The molecule has 1 unspecified atom stereocenters. The normalized spacial score (nSPS) is 18.0. The van der Waals surface area contributed by atoms with Gasteiger partial charge in [0.15, 0.2) is 5.85 Å². The van der Waals surface area contributed by atoms with Gasteiger partial charge in [0.2, 0.25) is 0 Å². The zero-order chi connectivity index (χ0) is 7.49. The summed E-state index contributed by atoms with van der Waals surface area (Å²) in [6, 6.07) is 0.222. The summed E-state index contributed by atoms with van der Waals surface area (Å²) in [4.78, 5) is 0. The lowest BCUT2D eigenvalue weighted by atomic mass is 10.3. The highest BCUT2D eigenvalue weighted by atomic mass is 16.3. The zero-order valence-electron chi connectivity index (χ0n) is 6.31. The Morgan fingerprint density at radius 2 is 2.11 bits per heavy atom. The van der Waals surface area contributed by atoms with Gasteiger partial charge in [0, 0.05) is 12.5 Å². The second-order valence-corrected chi connectivity index (χ2v) is 2.58. The maximum absolute atomic E-state index is 9.16. The molecule has 0 saturated carbocycles. The molecule has 0 aliphatic rings. The van der Waals surface area contributed by atoms with Gasteiger partial charge in [-0.15, -0.1) is 0 Å². The van der Waals surface area contributed by atoms with Gasteiger partial charge in [0.05, 0.1) is 0 Å². The molecule has 0 radical (unpaired) electrons. The molecule has 3 heteroatoms. The third-order valence-electron chi connectivity index (χ3n) is 1.08. The molecular weight excluding hydrogens is 116 g/mol. The van der Waals surface area contributed by atoms with Crippen LogP contribution in [0.3, 0.4) is 0 Å². The van der Waals surface area contributed by atoms with Gasteiger partial charge >= 0.3 is 0 Å². The van der Waals surface area contributed by atoms with Gasteiger partial charge in [-0.3, -0.25) is 11.1 Å². The third kappa shape index (κ3) is 4.39. The Morgan fingerprint density at radius 1 is 1.67 bits per heavy atom. The lowest BCUT2D eigenvalue weighted by molar-refractivity contribution is 0.000142. The Kier molecular flexibility index (Phi) is 3.11. The van der Waals surface area contributed by atoms with E-state index in [-0.39, 0.29) is 6.04 Å². The van der Waals surface area contributed by atoms with E-state index in [4.69, 9.17) is 10.8 Å². The molecule has 0 aromatic rings. The zero-order valence-corrected chi connectivity index (χ0v) is 6.31. The van der Waals surface area contributed by atoms with Crippen LogP contribution in [0.4, 0.5) is 0 Å². The summed E-state index contributed by atoms with van der Waals surface area (Å²) in [6.07, 6.45) is 0.519. The molecule has 0 aliphatic carbocycles. The van der Waals surface area contributed by atoms with Crippen molar-refractivity contribution >= 4 is 0 Å². The van der Waals surface area contributed by atoms with E-state index in [9.17, 15) is 0 Å². The minimum absolute atomic E-state index is 0.222. The Morgan fingerprint density at radius 3 is 2.22 bits per heavy atom. The van der Waals surface area contributed by atoms with Crippen LogP contribution in [0.25, 0.3) is 0 Å². The minimum Gasteiger partial charge on any atom is -0.363 e. The first-order valence-corrected chi connectivity index (χ1v) is 3.27. The van der Waals surface area contributed by atoms with E-state index >= 15 is 0 Å². The van der Waals surface area contributed by atoms with Crippen LogP contribution in [0, 0.1) is 0 Å². The van der Waals surface area contributed by atoms with Crippen molar-refractivity contribution in [3.8, 4) is 0 Å². The SMILES string of the molecule is CCC(N)(O)NC(C)C. The second kappa shape index (κ2) is 3.15. The van der Waals surface area contributed by atoms with E-state index in [1.165, 1.54) is 0 Å². The van der Waals surface area contributed by atoms with Gasteiger partial charge in [0.1, 0.15) is 0 Å². The maximum atomic E-state index is 9.16. The molecule has 0 rings (SSSR count). The summed E-state index contributed by atoms with van der Waals surface area (Å²) < 4.78 is 0. The molecule has 1 atom stereocenters. The van der Waals surface area contributed by atoms with Gasteiger partial charge < -0.3 is 5.11 Å². The fraction of sp³-hybridized carbons (Fsp3) is 1.00. The molecule has 0 bridgehead atoms. The van der Waals surface area contributed by atoms with Crippen molar-refractivity contribution in [3.63, 3.8) is 0 Å². The molecule has 0 saturated heterocycles. The first-order chi connectivity index (χ1) is 3.98. The second-order valence-electron chi connectivity index (χ2n) is 2.58. The monoisotopic (exact) mass is 132 g/mol. The molecule has 9 heavy (non-hydrogen) atoms. The van der Waals surface area contributed by atoms with Crippen molar-refractivity contribution in [2.24, 2.45) is 5.73 Å². The maximum Gasteiger partial charge on any atom is 0.169 e. The van der Waals surface area contributed by atoms with Gasteiger partial charge in [-0.25, -0.2) is 0 Å². The van der Waals surface area contributed by atoms with Crippen LogP contribution in [-0.2, 0) is 0 Å². The van der Waals surface area contributed by atoms with E-state index in [0.29, 0.717) is 6.42 Å². The first-order valence-electron chi connectivity index (χ1n) is 3.27. The molecule has 0 heterocycles. The van der Waals surface area contributed by atoms with Gasteiger partial charge in [-0.05, 0) is 13.8 Å². The minimum atomic E-state index is -1.19. The van der Waals surface area contributed by atoms with Gasteiger partial charge in [-0.1, -0.05) is 6.92 Å². The lowest BCUT2D eigenvalue weighted by Gasteiger charge is -2.25. The van der Waals surface area contributed by atoms with Crippen LogP contribution < -0.4 is 11.1 Å². The topological polar surface area (TPSA) is 58.3 Å². The van der Waals surface area contributed by atoms with Crippen molar-refractivity contribution in [1.29, 1.82) is 0 Å². The summed E-state index contributed by atoms with van der Waals surface area (Å²) in [5.74, 6) is -1.19. The Labute approximate surface area is 56.2 Å². The van der Waals surface area contributed by atoms with E-state index in [1.807, 2.05) is 20.8 Å². The predicted molar refractivity (Wildman–Crippen MR) is 37.7 cm³/mol. The van der Waals surface area contributed by atoms with Crippen molar-refractivity contribution in [3.05, 3.63) is 0 Å². The predicted octanol–water partition coefficient (Wildman–Crippen LogP) is -0.000800. The highest BCUT2D eigenvalue weighted by Gasteiger charge is 2.17. The first kappa shape index (κ1) is 8.88. The lowest BCUT2D eigenvalue weighted by Crippen LogP contribution is -2.55. The van der Waals surface area contributed by atoms with Gasteiger partial charge in [0.25, 0.3) is 0 Å². The van der Waals surface area contributed by atoms with E-state index in [0.717, 1.165) is 0 Å². The van der Waals surface area contributed by atoms with E-state index < -0.39 is 5.85 Å². The average Bonchev–Trinajstić information content (AvgIpc) is 1.63. The van der Waals surface area contributed by atoms with E-state index in [1.54, 1.807) is 0 Å². The fourth-order valence-electron chi connectivity index (χ4n) is 0.602. The molecule has 3 nitrogen and oxygen atoms in total. The van der Waals surface area contributed by atoms with Crippen LogP contribution in [0.2, 0.25) is 0 Å². The molecule has 0 aromatic carbocycles. The number of nitrogens with two attached hydrogens (primary N) is 1. The molecule has 4 N–H and O–H groups in total. The summed E-state index contributed by atoms with van der Waals surface area (Å²) in [5.41, 5.74) is 5.36.